The lowest BCUT2D eigenvalue weighted by molar-refractivity contribution is 0.327. The second-order valence-corrected chi connectivity index (χ2v) is 1.39. The number of rotatable bonds is 2. The quantitative estimate of drug-likeness (QED) is 0.425. The topological polar surface area (TPSA) is 40.5 Å². The zero-order valence-electron chi connectivity index (χ0n) is 4.89. The van der Waals surface area contributed by atoms with E-state index < -0.39 is 0 Å². The molecular weight excluding hydrogens is 104 g/mol. The van der Waals surface area contributed by atoms with E-state index in [4.69, 9.17) is 10.2 Å². The van der Waals surface area contributed by atoms with Crippen molar-refractivity contribution in [3.8, 4) is 0 Å². The summed E-state index contributed by atoms with van der Waals surface area (Å²) in [6.07, 6.45) is 1.65. The molecule has 0 amide bonds. The second-order valence-electron chi connectivity index (χ2n) is 1.39. The Bertz CT molecular complexity index is 114. The van der Waals surface area contributed by atoms with E-state index in [0.29, 0.717) is 6.42 Å². The molecule has 0 bridgehead atoms. The van der Waals surface area contributed by atoms with Crippen molar-refractivity contribution in [3.63, 3.8) is 0 Å². The van der Waals surface area contributed by atoms with Crippen LogP contribution >= 0.6 is 0 Å². The first-order valence-corrected chi connectivity index (χ1v) is 2.45. The van der Waals surface area contributed by atoms with Gasteiger partial charge in [-0.3, -0.25) is 0 Å². The molecule has 2 nitrogen and oxygen atoms in total. The van der Waals surface area contributed by atoms with Gasteiger partial charge in [-0.2, -0.15) is 0 Å². The van der Waals surface area contributed by atoms with Crippen LogP contribution in [0.25, 0.3) is 0 Å². The van der Waals surface area contributed by atoms with Crippen LogP contribution in [0.2, 0.25) is 0 Å². The molecule has 0 fully saturated rings. The Morgan fingerprint density at radius 1 is 1.62 bits per heavy atom. The van der Waals surface area contributed by atoms with E-state index in [2.05, 4.69) is 6.58 Å². The van der Waals surface area contributed by atoms with Crippen molar-refractivity contribution in [2.75, 3.05) is 0 Å². The van der Waals surface area contributed by atoms with Gasteiger partial charge in [0, 0.05) is 6.42 Å². The molecule has 0 spiro atoms. The van der Waals surface area contributed by atoms with Crippen molar-refractivity contribution in [1.82, 2.24) is 0 Å². The fraction of sp³-hybridized carbons (Fsp3) is 0.333. The third-order valence-electron chi connectivity index (χ3n) is 0.824. The molecule has 0 saturated heterocycles. The van der Waals surface area contributed by atoms with Crippen LogP contribution in [-0.4, -0.2) is 10.2 Å². The predicted octanol–water partition coefficient (Wildman–Crippen LogP) is 1.91. The van der Waals surface area contributed by atoms with E-state index in [1.807, 2.05) is 0 Å². The summed E-state index contributed by atoms with van der Waals surface area (Å²) < 4.78 is 0. The molecule has 0 aromatic carbocycles. The van der Waals surface area contributed by atoms with Crippen LogP contribution in [-0.2, 0) is 0 Å². The molecule has 0 aliphatic heterocycles. The first kappa shape index (κ1) is 7.08. The van der Waals surface area contributed by atoms with Crippen molar-refractivity contribution in [3.05, 3.63) is 24.2 Å². The summed E-state index contributed by atoms with van der Waals surface area (Å²) in [6.45, 7) is 5.01. The van der Waals surface area contributed by atoms with Gasteiger partial charge in [0.25, 0.3) is 0 Å². The highest BCUT2D eigenvalue weighted by Gasteiger charge is 1.92. The maximum atomic E-state index is 8.68. The van der Waals surface area contributed by atoms with Crippen LogP contribution < -0.4 is 0 Å². The first-order valence-electron chi connectivity index (χ1n) is 2.45. The van der Waals surface area contributed by atoms with Gasteiger partial charge in [-0.25, -0.2) is 0 Å². The largest absolute Gasteiger partial charge is 0.508 e. The minimum Gasteiger partial charge on any atom is -0.508 e. The Morgan fingerprint density at radius 2 is 2.12 bits per heavy atom. The standard InChI is InChI=1S/C6H10O2/c1-3-5(7)6(8)4-2/h3,7-8H,1,4H2,2H3/b6-5+. The Balaban J connectivity index is 4.03. The summed E-state index contributed by atoms with van der Waals surface area (Å²) in [5.41, 5.74) is 0. The maximum Gasteiger partial charge on any atom is 0.152 e. The van der Waals surface area contributed by atoms with Crippen LogP contribution in [0, 0.1) is 0 Å². The number of hydrogen-bond acceptors (Lipinski definition) is 2. The van der Waals surface area contributed by atoms with E-state index in [-0.39, 0.29) is 11.5 Å². The second kappa shape index (κ2) is 3.13. The summed E-state index contributed by atoms with van der Waals surface area (Å²) in [7, 11) is 0. The number of aliphatic hydroxyl groups is 2. The lowest BCUT2D eigenvalue weighted by Gasteiger charge is -1.93. The van der Waals surface area contributed by atoms with Gasteiger partial charge in [0.05, 0.1) is 0 Å². The Labute approximate surface area is 48.8 Å². The predicted molar refractivity (Wildman–Crippen MR) is 32.8 cm³/mol. The highest BCUT2D eigenvalue weighted by Crippen LogP contribution is 2.00. The first-order chi connectivity index (χ1) is 3.72. The summed E-state index contributed by atoms with van der Waals surface area (Å²) in [5, 5.41) is 17.3. The van der Waals surface area contributed by atoms with Crippen molar-refractivity contribution >= 4 is 0 Å². The Kier molecular flexibility index (Phi) is 2.77. The average molecular weight is 114 g/mol. The van der Waals surface area contributed by atoms with Crippen LogP contribution in [0.5, 0.6) is 0 Å². The van der Waals surface area contributed by atoms with Gasteiger partial charge in [0.2, 0.25) is 0 Å². The van der Waals surface area contributed by atoms with Gasteiger partial charge in [0.1, 0.15) is 5.76 Å². The molecule has 0 aliphatic rings. The molecule has 8 heavy (non-hydrogen) atoms. The van der Waals surface area contributed by atoms with E-state index in [1.54, 1.807) is 6.92 Å². The normalized spacial score (nSPS) is 12.6. The number of allylic oxidation sites excluding steroid dienone is 2. The van der Waals surface area contributed by atoms with Gasteiger partial charge in [-0.15, -0.1) is 0 Å². The van der Waals surface area contributed by atoms with Crippen molar-refractivity contribution in [2.24, 2.45) is 0 Å². The summed E-state index contributed by atoms with van der Waals surface area (Å²) >= 11 is 0. The third kappa shape index (κ3) is 1.69. The van der Waals surface area contributed by atoms with Gasteiger partial charge in [0.15, 0.2) is 5.76 Å². The van der Waals surface area contributed by atoms with E-state index in [1.165, 1.54) is 6.08 Å². The zero-order valence-corrected chi connectivity index (χ0v) is 4.89. The molecule has 0 unspecified atom stereocenters. The summed E-state index contributed by atoms with van der Waals surface area (Å²) in [4.78, 5) is 0. The highest BCUT2D eigenvalue weighted by molar-refractivity contribution is 5.10. The molecule has 2 N–H and O–H groups in total. The van der Waals surface area contributed by atoms with Gasteiger partial charge >= 0.3 is 0 Å². The van der Waals surface area contributed by atoms with Gasteiger partial charge < -0.3 is 10.2 Å². The zero-order chi connectivity index (χ0) is 6.57. The number of aliphatic hydroxyl groups excluding tert-OH is 2. The molecule has 0 heterocycles. The summed E-state index contributed by atoms with van der Waals surface area (Å²) in [6, 6.07) is 0. The van der Waals surface area contributed by atoms with Crippen LogP contribution in [0.15, 0.2) is 24.2 Å². The molecule has 2 heteroatoms. The molecule has 46 valence electrons. The smallest absolute Gasteiger partial charge is 0.152 e. The monoisotopic (exact) mass is 114 g/mol. The molecule has 0 aromatic rings. The van der Waals surface area contributed by atoms with Gasteiger partial charge in [-0.1, -0.05) is 13.5 Å². The Morgan fingerprint density at radius 3 is 2.25 bits per heavy atom. The van der Waals surface area contributed by atoms with Crippen LogP contribution in [0.1, 0.15) is 13.3 Å². The molecule has 0 radical (unpaired) electrons. The molecule has 0 rings (SSSR count). The fourth-order valence-electron chi connectivity index (χ4n) is 0.299. The highest BCUT2D eigenvalue weighted by atomic mass is 16.3. The third-order valence-corrected chi connectivity index (χ3v) is 0.824. The Hall–Kier alpha value is -0.920. The van der Waals surface area contributed by atoms with Crippen molar-refractivity contribution in [2.45, 2.75) is 13.3 Å². The fourth-order valence-corrected chi connectivity index (χ4v) is 0.299. The summed E-state index contributed by atoms with van der Waals surface area (Å²) in [5.74, 6) is -0.146. The minimum atomic E-state index is -0.132. The van der Waals surface area contributed by atoms with Crippen LogP contribution in [0.4, 0.5) is 0 Å². The molecule has 0 saturated carbocycles. The average Bonchev–Trinajstić information content (AvgIpc) is 1.84. The van der Waals surface area contributed by atoms with Crippen molar-refractivity contribution < 1.29 is 10.2 Å². The lowest BCUT2D eigenvalue weighted by atomic mass is 10.3. The molecule has 0 atom stereocenters. The van der Waals surface area contributed by atoms with Crippen molar-refractivity contribution in [1.29, 1.82) is 0 Å². The van der Waals surface area contributed by atoms with E-state index in [0.717, 1.165) is 0 Å². The SMILES string of the molecule is C=C/C(O)=C(\O)CC. The lowest BCUT2D eigenvalue weighted by Crippen LogP contribution is -1.83. The number of hydrogen-bond donors (Lipinski definition) is 2. The maximum absolute atomic E-state index is 8.68. The molecule has 0 aromatic heterocycles. The minimum absolute atomic E-state index is 0.0139. The van der Waals surface area contributed by atoms with Gasteiger partial charge in [-0.05, 0) is 6.08 Å². The molecular formula is C6H10O2. The van der Waals surface area contributed by atoms with E-state index in [9.17, 15) is 0 Å². The molecule has 0 aliphatic carbocycles. The van der Waals surface area contributed by atoms with E-state index >= 15 is 0 Å². The van der Waals surface area contributed by atoms with Crippen LogP contribution in [0.3, 0.4) is 0 Å².